The Morgan fingerprint density at radius 3 is 2.47 bits per heavy atom. The standard InChI is InChI=1S/C23H22ClF5O5S2/c24-13-1-3-14(4-2-13)36(31,32)22-8-9-33-18(7-10-35-12-19(30)23(27,28)29)15(22)11-34-21-17(26)6-5-16(25)20(21)22/h1-6,15,18-19,30H,7-12H2/t15-,18-,19?,22?/m0/s1. The van der Waals surface area contributed by atoms with Gasteiger partial charge < -0.3 is 14.6 Å². The predicted octanol–water partition coefficient (Wildman–Crippen LogP) is 5.13. The number of benzene rings is 2. The Morgan fingerprint density at radius 1 is 1.14 bits per heavy atom. The normalized spacial score (nSPS) is 25.0. The molecule has 0 aromatic heterocycles. The molecule has 0 saturated carbocycles. The number of alkyl halides is 3. The van der Waals surface area contributed by atoms with Crippen molar-refractivity contribution in [3.8, 4) is 5.75 Å². The van der Waals surface area contributed by atoms with Crippen LogP contribution in [-0.4, -0.2) is 56.6 Å². The van der Waals surface area contributed by atoms with Gasteiger partial charge in [0.05, 0.1) is 23.2 Å². The monoisotopic (exact) mass is 572 g/mol. The summed E-state index contributed by atoms with van der Waals surface area (Å²) >= 11 is 6.75. The van der Waals surface area contributed by atoms with E-state index < -0.39 is 67.6 Å². The van der Waals surface area contributed by atoms with E-state index in [9.17, 15) is 31.1 Å². The lowest BCUT2D eigenvalue weighted by Gasteiger charge is -2.50. The molecule has 2 aromatic carbocycles. The highest BCUT2D eigenvalue weighted by atomic mass is 35.5. The Balaban J connectivity index is 1.73. The second-order valence-corrected chi connectivity index (χ2v) is 12.4. The van der Waals surface area contributed by atoms with Crippen molar-refractivity contribution < 1.29 is 45.0 Å². The summed E-state index contributed by atoms with van der Waals surface area (Å²) in [6, 6.07) is 7.03. The van der Waals surface area contributed by atoms with Crippen LogP contribution >= 0.6 is 23.4 Å². The van der Waals surface area contributed by atoms with Gasteiger partial charge in [0.25, 0.3) is 0 Å². The number of thioether (sulfide) groups is 1. The summed E-state index contributed by atoms with van der Waals surface area (Å²) in [7, 11) is -4.37. The topological polar surface area (TPSA) is 72.8 Å². The van der Waals surface area contributed by atoms with Crippen molar-refractivity contribution in [2.45, 2.75) is 40.9 Å². The summed E-state index contributed by atoms with van der Waals surface area (Å²) in [5.41, 5.74) is -0.415. The first-order valence-electron chi connectivity index (χ1n) is 10.9. The molecule has 36 heavy (non-hydrogen) atoms. The molecule has 2 heterocycles. The highest BCUT2D eigenvalue weighted by Crippen LogP contribution is 2.56. The second-order valence-electron chi connectivity index (χ2n) is 8.58. The molecular formula is C23H22ClF5O5S2. The van der Waals surface area contributed by atoms with Gasteiger partial charge in [0, 0.05) is 23.3 Å². The lowest BCUT2D eigenvalue weighted by molar-refractivity contribution is -0.195. The fourth-order valence-corrected chi connectivity index (χ4v) is 8.27. The lowest BCUT2D eigenvalue weighted by Crippen LogP contribution is -2.57. The molecular weight excluding hydrogens is 551 g/mol. The molecule has 2 aliphatic rings. The molecule has 4 atom stereocenters. The van der Waals surface area contributed by atoms with Gasteiger partial charge in [-0.1, -0.05) is 11.6 Å². The molecule has 0 bridgehead atoms. The van der Waals surface area contributed by atoms with E-state index in [1.54, 1.807) is 0 Å². The number of rotatable bonds is 7. The van der Waals surface area contributed by atoms with Gasteiger partial charge in [0.15, 0.2) is 27.5 Å². The Hall–Kier alpha value is -1.60. The minimum atomic E-state index is -4.75. The first kappa shape index (κ1) is 27.4. The van der Waals surface area contributed by atoms with Gasteiger partial charge >= 0.3 is 6.18 Å². The molecule has 2 aliphatic heterocycles. The zero-order chi connectivity index (χ0) is 26.3. The molecule has 1 fully saturated rings. The average molecular weight is 573 g/mol. The van der Waals surface area contributed by atoms with Crippen LogP contribution in [0.5, 0.6) is 5.75 Å². The van der Waals surface area contributed by atoms with Crippen LogP contribution < -0.4 is 4.74 Å². The Kier molecular flexibility index (Phi) is 7.83. The predicted molar refractivity (Wildman–Crippen MR) is 124 cm³/mol. The quantitative estimate of drug-likeness (QED) is 0.366. The van der Waals surface area contributed by atoms with Crippen molar-refractivity contribution in [2.24, 2.45) is 5.92 Å². The summed E-state index contributed by atoms with van der Waals surface area (Å²) in [5.74, 6) is -3.82. The Bertz CT molecular complexity index is 1210. The van der Waals surface area contributed by atoms with E-state index in [1.807, 2.05) is 0 Å². The smallest absolute Gasteiger partial charge is 0.415 e. The number of aliphatic hydroxyl groups is 1. The first-order chi connectivity index (χ1) is 16.9. The van der Waals surface area contributed by atoms with Gasteiger partial charge in [-0.25, -0.2) is 17.2 Å². The van der Waals surface area contributed by atoms with Crippen LogP contribution in [0.4, 0.5) is 22.0 Å². The molecule has 0 amide bonds. The van der Waals surface area contributed by atoms with E-state index in [0.717, 1.165) is 23.9 Å². The summed E-state index contributed by atoms with van der Waals surface area (Å²) in [6.45, 7) is -0.417. The van der Waals surface area contributed by atoms with E-state index in [1.165, 1.54) is 24.3 Å². The van der Waals surface area contributed by atoms with Gasteiger partial charge in [-0.3, -0.25) is 0 Å². The maximum absolute atomic E-state index is 15.3. The van der Waals surface area contributed by atoms with E-state index in [2.05, 4.69) is 0 Å². The van der Waals surface area contributed by atoms with Crippen molar-refractivity contribution in [2.75, 3.05) is 24.7 Å². The number of aliphatic hydroxyl groups excluding tert-OH is 1. The lowest BCUT2D eigenvalue weighted by atomic mass is 9.75. The van der Waals surface area contributed by atoms with Crippen LogP contribution in [0.25, 0.3) is 0 Å². The summed E-state index contributed by atoms with van der Waals surface area (Å²) < 4.78 is 105. The van der Waals surface area contributed by atoms with Gasteiger partial charge in [-0.05, 0) is 55.0 Å². The number of sulfone groups is 1. The third-order valence-electron chi connectivity index (χ3n) is 6.55. The minimum absolute atomic E-state index is 0.101. The number of hydrogen-bond donors (Lipinski definition) is 1. The molecule has 1 saturated heterocycles. The maximum Gasteiger partial charge on any atom is 0.415 e. The molecule has 0 radical (unpaired) electrons. The molecule has 198 valence electrons. The number of ether oxygens (including phenoxy) is 2. The average Bonchev–Trinajstić information content (AvgIpc) is 2.83. The van der Waals surface area contributed by atoms with Crippen LogP contribution in [0.3, 0.4) is 0 Å². The number of fused-ring (bicyclic) bond motifs is 3. The van der Waals surface area contributed by atoms with E-state index in [0.29, 0.717) is 0 Å². The van der Waals surface area contributed by atoms with Gasteiger partial charge in [-0.15, -0.1) is 0 Å². The highest BCUT2D eigenvalue weighted by Gasteiger charge is 2.61. The first-order valence-corrected chi connectivity index (χ1v) is 14.0. The summed E-state index contributed by atoms with van der Waals surface area (Å²) in [4.78, 5) is -0.142. The fraction of sp³-hybridized carbons (Fsp3) is 0.478. The van der Waals surface area contributed by atoms with E-state index >= 15 is 4.39 Å². The van der Waals surface area contributed by atoms with Gasteiger partial charge in [-0.2, -0.15) is 24.9 Å². The third-order valence-corrected chi connectivity index (χ3v) is 10.4. The summed E-state index contributed by atoms with van der Waals surface area (Å²) in [5, 5.41) is 9.49. The Labute approximate surface area is 213 Å². The fourth-order valence-electron chi connectivity index (χ4n) is 4.82. The SMILES string of the molecule is O=S(=O)(c1ccc(Cl)cc1)C12CCO[C@@H](CCSCC(O)C(F)(F)F)[C@@H]1COc1c(F)ccc(F)c12. The number of halogens is 6. The van der Waals surface area contributed by atoms with Crippen LogP contribution in [-0.2, 0) is 19.3 Å². The third kappa shape index (κ3) is 4.82. The largest absolute Gasteiger partial charge is 0.490 e. The molecule has 0 spiro atoms. The van der Waals surface area contributed by atoms with E-state index in [4.69, 9.17) is 21.1 Å². The Morgan fingerprint density at radius 2 is 1.81 bits per heavy atom. The zero-order valence-electron chi connectivity index (χ0n) is 18.6. The van der Waals surface area contributed by atoms with Gasteiger partial charge in [0.1, 0.15) is 10.6 Å². The molecule has 5 nitrogen and oxygen atoms in total. The molecule has 2 aromatic rings. The van der Waals surface area contributed by atoms with Crippen LogP contribution in [0.1, 0.15) is 18.4 Å². The minimum Gasteiger partial charge on any atom is -0.490 e. The molecule has 0 aliphatic carbocycles. The van der Waals surface area contributed by atoms with Crippen molar-refractivity contribution in [3.63, 3.8) is 0 Å². The molecule has 4 rings (SSSR count). The molecule has 2 unspecified atom stereocenters. The van der Waals surface area contributed by atoms with Crippen molar-refractivity contribution in [1.29, 1.82) is 0 Å². The van der Waals surface area contributed by atoms with Crippen molar-refractivity contribution in [1.82, 2.24) is 0 Å². The second kappa shape index (κ2) is 10.3. The highest BCUT2D eigenvalue weighted by molar-refractivity contribution is 7.99. The summed E-state index contributed by atoms with van der Waals surface area (Å²) in [6.07, 6.45) is -8.17. The van der Waals surface area contributed by atoms with E-state index in [-0.39, 0.29) is 41.7 Å². The van der Waals surface area contributed by atoms with Crippen LogP contribution in [0.15, 0.2) is 41.3 Å². The molecule has 1 N–H and O–H groups in total. The maximum atomic E-state index is 15.3. The van der Waals surface area contributed by atoms with Crippen molar-refractivity contribution in [3.05, 3.63) is 58.6 Å². The molecule has 13 heteroatoms. The van der Waals surface area contributed by atoms with Gasteiger partial charge in [0.2, 0.25) is 0 Å². The zero-order valence-corrected chi connectivity index (χ0v) is 21.0. The number of hydrogen-bond acceptors (Lipinski definition) is 6. The van der Waals surface area contributed by atoms with Crippen molar-refractivity contribution >= 4 is 33.2 Å². The van der Waals surface area contributed by atoms with Crippen LogP contribution in [0.2, 0.25) is 5.02 Å². The van der Waals surface area contributed by atoms with Crippen LogP contribution in [0, 0.1) is 17.6 Å².